The normalized spacial score (nSPS) is 31.4. The molecular formula is C12H16N2O3. The molecule has 0 aliphatic carbocycles. The van der Waals surface area contributed by atoms with Gasteiger partial charge in [-0.1, -0.05) is 0 Å². The van der Waals surface area contributed by atoms with Gasteiger partial charge in [0, 0.05) is 13.1 Å². The zero-order valence-electron chi connectivity index (χ0n) is 9.52. The Morgan fingerprint density at radius 2 is 2.47 bits per heavy atom. The number of fused-ring (bicyclic) bond motifs is 2. The summed E-state index contributed by atoms with van der Waals surface area (Å²) >= 11 is 0. The Morgan fingerprint density at radius 3 is 3.24 bits per heavy atom. The van der Waals surface area contributed by atoms with Gasteiger partial charge in [-0.05, 0) is 18.6 Å². The van der Waals surface area contributed by atoms with Crippen LogP contribution in [0.5, 0.6) is 0 Å². The number of ether oxygens (including phenoxy) is 1. The molecule has 2 fully saturated rings. The van der Waals surface area contributed by atoms with E-state index in [2.05, 4.69) is 10.6 Å². The van der Waals surface area contributed by atoms with E-state index in [-0.39, 0.29) is 24.0 Å². The lowest BCUT2D eigenvalue weighted by molar-refractivity contribution is -0.127. The van der Waals surface area contributed by atoms with Gasteiger partial charge < -0.3 is 19.8 Å². The monoisotopic (exact) mass is 236 g/mol. The van der Waals surface area contributed by atoms with E-state index in [0.717, 1.165) is 25.3 Å². The molecule has 17 heavy (non-hydrogen) atoms. The van der Waals surface area contributed by atoms with Gasteiger partial charge in [-0.25, -0.2) is 0 Å². The molecule has 1 amide bonds. The largest absolute Gasteiger partial charge is 0.467 e. The maximum Gasteiger partial charge on any atom is 0.226 e. The van der Waals surface area contributed by atoms with E-state index in [9.17, 15) is 4.79 Å². The molecule has 3 atom stereocenters. The highest BCUT2D eigenvalue weighted by Crippen LogP contribution is 2.28. The maximum absolute atomic E-state index is 12.0. The molecule has 2 bridgehead atoms. The first-order valence-corrected chi connectivity index (χ1v) is 5.99. The quantitative estimate of drug-likeness (QED) is 0.791. The molecule has 0 aromatic carbocycles. The highest BCUT2D eigenvalue weighted by atomic mass is 16.5. The smallest absolute Gasteiger partial charge is 0.226 e. The Hall–Kier alpha value is -1.33. The van der Waals surface area contributed by atoms with E-state index in [1.807, 2.05) is 12.1 Å². The van der Waals surface area contributed by atoms with Gasteiger partial charge in [0.1, 0.15) is 5.76 Å². The molecule has 2 saturated heterocycles. The van der Waals surface area contributed by atoms with E-state index in [4.69, 9.17) is 9.15 Å². The molecule has 3 heterocycles. The van der Waals surface area contributed by atoms with E-state index >= 15 is 0 Å². The zero-order chi connectivity index (χ0) is 11.7. The van der Waals surface area contributed by atoms with Crippen LogP contribution in [-0.2, 0) is 16.1 Å². The van der Waals surface area contributed by atoms with E-state index < -0.39 is 0 Å². The molecule has 2 aliphatic rings. The minimum absolute atomic E-state index is 0.0232. The molecule has 1 aromatic heterocycles. The Balaban J connectivity index is 1.56. The maximum atomic E-state index is 12.0. The van der Waals surface area contributed by atoms with Crippen molar-refractivity contribution >= 4 is 5.91 Å². The van der Waals surface area contributed by atoms with Gasteiger partial charge in [0.25, 0.3) is 0 Å². The average Bonchev–Trinajstić information content (AvgIpc) is 2.95. The van der Waals surface area contributed by atoms with Gasteiger partial charge in [0.15, 0.2) is 0 Å². The second-order valence-electron chi connectivity index (χ2n) is 4.59. The number of carbonyl (C=O) groups excluding carboxylic acids is 1. The summed E-state index contributed by atoms with van der Waals surface area (Å²) in [5.41, 5.74) is 0. The predicted octanol–water partition coefficient (Wildman–Crippen LogP) is 0.273. The summed E-state index contributed by atoms with van der Waals surface area (Å²) in [5.74, 6) is 0.820. The van der Waals surface area contributed by atoms with Crippen LogP contribution in [0.15, 0.2) is 22.8 Å². The van der Waals surface area contributed by atoms with Gasteiger partial charge in [-0.2, -0.15) is 0 Å². The van der Waals surface area contributed by atoms with E-state index in [1.165, 1.54) is 0 Å². The second-order valence-corrected chi connectivity index (χ2v) is 4.59. The first kappa shape index (κ1) is 10.8. The van der Waals surface area contributed by atoms with Crippen molar-refractivity contribution < 1.29 is 13.9 Å². The molecule has 2 N–H and O–H groups in total. The summed E-state index contributed by atoms with van der Waals surface area (Å²) in [7, 11) is 0. The Bertz CT molecular complexity index is 390. The lowest BCUT2D eigenvalue weighted by Gasteiger charge is -2.22. The zero-order valence-corrected chi connectivity index (χ0v) is 9.52. The van der Waals surface area contributed by atoms with Crippen molar-refractivity contribution in [2.24, 2.45) is 5.92 Å². The van der Waals surface area contributed by atoms with Gasteiger partial charge in [0.2, 0.25) is 5.91 Å². The highest BCUT2D eigenvalue weighted by Gasteiger charge is 2.41. The molecule has 5 heteroatoms. The van der Waals surface area contributed by atoms with Crippen molar-refractivity contribution in [2.75, 3.05) is 13.1 Å². The van der Waals surface area contributed by atoms with Crippen molar-refractivity contribution in [2.45, 2.75) is 25.2 Å². The first-order valence-electron chi connectivity index (χ1n) is 5.99. The Kier molecular flexibility index (Phi) is 2.86. The van der Waals surface area contributed by atoms with Crippen LogP contribution in [0.25, 0.3) is 0 Å². The van der Waals surface area contributed by atoms with Crippen molar-refractivity contribution in [3.8, 4) is 0 Å². The summed E-state index contributed by atoms with van der Waals surface area (Å²) in [6.07, 6.45) is 2.66. The topological polar surface area (TPSA) is 63.5 Å². The van der Waals surface area contributed by atoms with Crippen LogP contribution in [0.4, 0.5) is 0 Å². The van der Waals surface area contributed by atoms with Crippen molar-refractivity contribution in [3.05, 3.63) is 24.2 Å². The van der Waals surface area contributed by atoms with Crippen molar-refractivity contribution in [1.82, 2.24) is 10.6 Å². The third-order valence-electron chi connectivity index (χ3n) is 3.40. The minimum atomic E-state index is -0.0232. The van der Waals surface area contributed by atoms with Crippen LogP contribution in [0.1, 0.15) is 12.2 Å². The van der Waals surface area contributed by atoms with Gasteiger partial charge in [-0.3, -0.25) is 4.79 Å². The second kappa shape index (κ2) is 4.50. The summed E-state index contributed by atoms with van der Waals surface area (Å²) in [6.45, 7) is 2.08. The SMILES string of the molecule is O=C(NCc1ccco1)[C@@H]1C[C@H]2CNC[C@H]1O2. The predicted molar refractivity (Wildman–Crippen MR) is 60.2 cm³/mol. The van der Waals surface area contributed by atoms with Crippen LogP contribution in [-0.4, -0.2) is 31.2 Å². The van der Waals surface area contributed by atoms with Crippen LogP contribution < -0.4 is 10.6 Å². The summed E-state index contributed by atoms with van der Waals surface area (Å²) < 4.78 is 10.9. The third-order valence-corrected chi connectivity index (χ3v) is 3.40. The molecule has 2 aliphatic heterocycles. The number of carbonyl (C=O) groups is 1. The Labute approximate surface area is 99.5 Å². The lowest BCUT2D eigenvalue weighted by atomic mass is 9.99. The average molecular weight is 236 g/mol. The molecule has 0 saturated carbocycles. The molecule has 0 unspecified atom stereocenters. The number of hydrogen-bond acceptors (Lipinski definition) is 4. The van der Waals surface area contributed by atoms with E-state index in [0.29, 0.717) is 6.54 Å². The van der Waals surface area contributed by atoms with Crippen LogP contribution in [0, 0.1) is 5.92 Å². The van der Waals surface area contributed by atoms with E-state index in [1.54, 1.807) is 6.26 Å². The number of furan rings is 1. The number of hydrogen-bond donors (Lipinski definition) is 2. The molecule has 5 nitrogen and oxygen atoms in total. The minimum Gasteiger partial charge on any atom is -0.467 e. The summed E-state index contributed by atoms with van der Waals surface area (Å²) in [6, 6.07) is 3.67. The molecular weight excluding hydrogens is 220 g/mol. The number of rotatable bonds is 3. The fraction of sp³-hybridized carbons (Fsp3) is 0.583. The van der Waals surface area contributed by atoms with Gasteiger partial charge >= 0.3 is 0 Å². The number of morpholine rings is 1. The van der Waals surface area contributed by atoms with Crippen LogP contribution in [0.2, 0.25) is 0 Å². The number of amides is 1. The fourth-order valence-electron chi connectivity index (χ4n) is 2.54. The summed E-state index contributed by atoms with van der Waals surface area (Å²) in [4.78, 5) is 12.0. The van der Waals surface area contributed by atoms with Crippen LogP contribution >= 0.6 is 0 Å². The molecule has 0 spiro atoms. The van der Waals surface area contributed by atoms with Gasteiger partial charge in [-0.15, -0.1) is 0 Å². The first-order chi connectivity index (χ1) is 8.33. The fourth-order valence-corrected chi connectivity index (χ4v) is 2.54. The molecule has 92 valence electrons. The molecule has 0 radical (unpaired) electrons. The third kappa shape index (κ3) is 2.21. The standard InChI is InChI=1S/C12H16N2O3/c15-12(14-6-8-2-1-3-16-8)10-4-9-5-13-7-11(10)17-9/h1-3,9-11,13H,4-7H2,(H,14,15)/t9-,10+,11+/m0/s1. The highest BCUT2D eigenvalue weighted by molar-refractivity contribution is 5.79. The van der Waals surface area contributed by atoms with Crippen molar-refractivity contribution in [1.29, 1.82) is 0 Å². The Morgan fingerprint density at radius 1 is 1.53 bits per heavy atom. The lowest BCUT2D eigenvalue weighted by Crippen LogP contribution is -2.42. The van der Waals surface area contributed by atoms with Crippen LogP contribution in [0.3, 0.4) is 0 Å². The van der Waals surface area contributed by atoms with Crippen molar-refractivity contribution in [3.63, 3.8) is 0 Å². The summed E-state index contributed by atoms with van der Waals surface area (Å²) in [5, 5.41) is 6.18. The molecule has 3 rings (SSSR count). The number of nitrogens with one attached hydrogen (secondary N) is 2. The molecule has 1 aromatic rings. The van der Waals surface area contributed by atoms with Gasteiger partial charge in [0.05, 0.1) is 30.9 Å².